The van der Waals surface area contributed by atoms with Gasteiger partial charge in [0.15, 0.2) is 0 Å². The first kappa shape index (κ1) is 15.3. The van der Waals surface area contributed by atoms with Crippen LogP contribution in [0.4, 0.5) is 0 Å². The largest absolute Gasteiger partial charge is 0.327 e. The topological polar surface area (TPSA) is 29.3 Å². The van der Waals surface area contributed by atoms with Gasteiger partial charge in [0.25, 0.3) is 0 Å². The van der Waals surface area contributed by atoms with Crippen LogP contribution in [0.1, 0.15) is 53.4 Å². The van der Waals surface area contributed by atoms with Crippen LogP contribution in [0.2, 0.25) is 0 Å². The van der Waals surface area contributed by atoms with E-state index in [4.69, 9.17) is 5.73 Å². The third-order valence-electron chi connectivity index (χ3n) is 5.77. The van der Waals surface area contributed by atoms with Gasteiger partial charge in [0.1, 0.15) is 0 Å². The van der Waals surface area contributed by atoms with Crippen LogP contribution < -0.4 is 5.73 Å². The van der Waals surface area contributed by atoms with E-state index in [-0.39, 0.29) is 0 Å². The van der Waals surface area contributed by atoms with Crippen LogP contribution >= 0.6 is 0 Å². The van der Waals surface area contributed by atoms with Gasteiger partial charge in [-0.3, -0.25) is 0 Å². The standard InChI is InChI=1S/C17H34N2/c1-12(2)15-5-7-19(8-6-15)11-16-14(4)9-13(3)10-17(16)18/h12-17H,5-11,18H2,1-4H3. The van der Waals surface area contributed by atoms with Gasteiger partial charge in [-0.05, 0) is 68.4 Å². The Morgan fingerprint density at radius 3 is 2.26 bits per heavy atom. The first-order valence-corrected chi connectivity index (χ1v) is 8.45. The zero-order chi connectivity index (χ0) is 14.0. The van der Waals surface area contributed by atoms with E-state index in [1.54, 1.807) is 0 Å². The van der Waals surface area contributed by atoms with E-state index >= 15 is 0 Å². The summed E-state index contributed by atoms with van der Waals surface area (Å²) in [7, 11) is 0. The molecular weight excluding hydrogens is 232 g/mol. The van der Waals surface area contributed by atoms with Crippen molar-refractivity contribution in [3.63, 3.8) is 0 Å². The zero-order valence-electron chi connectivity index (χ0n) is 13.4. The number of nitrogens with two attached hydrogens (primary N) is 1. The fourth-order valence-corrected chi connectivity index (χ4v) is 4.38. The third kappa shape index (κ3) is 3.95. The normalized spacial score (nSPS) is 38.8. The molecular formula is C17H34N2. The van der Waals surface area contributed by atoms with Crippen molar-refractivity contribution < 1.29 is 0 Å². The van der Waals surface area contributed by atoms with Gasteiger partial charge in [0, 0.05) is 12.6 Å². The lowest BCUT2D eigenvalue weighted by molar-refractivity contribution is 0.0868. The summed E-state index contributed by atoms with van der Waals surface area (Å²) in [6.07, 6.45) is 5.40. The van der Waals surface area contributed by atoms with Crippen LogP contribution in [-0.2, 0) is 0 Å². The van der Waals surface area contributed by atoms with Crippen LogP contribution in [0, 0.1) is 29.6 Å². The molecule has 2 heteroatoms. The minimum absolute atomic E-state index is 0.432. The van der Waals surface area contributed by atoms with Crippen molar-refractivity contribution >= 4 is 0 Å². The number of rotatable bonds is 3. The highest BCUT2D eigenvalue weighted by Crippen LogP contribution is 2.34. The van der Waals surface area contributed by atoms with Crippen molar-refractivity contribution in [3.05, 3.63) is 0 Å². The molecule has 1 aliphatic heterocycles. The van der Waals surface area contributed by atoms with E-state index in [9.17, 15) is 0 Å². The molecule has 0 spiro atoms. The number of likely N-dealkylation sites (tertiary alicyclic amines) is 1. The molecule has 1 heterocycles. The van der Waals surface area contributed by atoms with Crippen molar-refractivity contribution in [1.29, 1.82) is 0 Å². The van der Waals surface area contributed by atoms with Gasteiger partial charge in [-0.25, -0.2) is 0 Å². The molecule has 2 aliphatic rings. The fraction of sp³-hybridized carbons (Fsp3) is 1.00. The molecule has 4 unspecified atom stereocenters. The van der Waals surface area contributed by atoms with Crippen molar-refractivity contribution in [2.45, 2.75) is 59.4 Å². The van der Waals surface area contributed by atoms with Crippen molar-refractivity contribution in [2.24, 2.45) is 35.3 Å². The lowest BCUT2D eigenvalue weighted by atomic mass is 9.72. The zero-order valence-corrected chi connectivity index (χ0v) is 13.4. The minimum Gasteiger partial charge on any atom is -0.327 e. The SMILES string of the molecule is CC1CC(C)C(CN2CCC(C(C)C)CC2)C(N)C1. The Labute approximate surface area is 120 Å². The van der Waals surface area contributed by atoms with E-state index in [0.29, 0.717) is 6.04 Å². The molecule has 2 N–H and O–H groups in total. The second-order valence-electron chi connectivity index (χ2n) is 7.76. The highest BCUT2D eigenvalue weighted by Gasteiger charge is 2.33. The third-order valence-corrected chi connectivity index (χ3v) is 5.77. The molecule has 2 fully saturated rings. The predicted molar refractivity (Wildman–Crippen MR) is 83.0 cm³/mol. The average molecular weight is 266 g/mol. The summed E-state index contributed by atoms with van der Waals surface area (Å²) >= 11 is 0. The summed E-state index contributed by atoms with van der Waals surface area (Å²) in [4.78, 5) is 2.69. The molecule has 112 valence electrons. The predicted octanol–water partition coefficient (Wildman–Crippen LogP) is 3.36. The van der Waals surface area contributed by atoms with E-state index in [0.717, 1.165) is 29.6 Å². The molecule has 0 bridgehead atoms. The van der Waals surface area contributed by atoms with Crippen LogP contribution in [0.5, 0.6) is 0 Å². The molecule has 0 aromatic carbocycles. The van der Waals surface area contributed by atoms with Crippen LogP contribution in [0.3, 0.4) is 0 Å². The highest BCUT2D eigenvalue weighted by atomic mass is 15.1. The summed E-state index contributed by atoms with van der Waals surface area (Å²) < 4.78 is 0. The number of hydrogen-bond donors (Lipinski definition) is 1. The maximum Gasteiger partial charge on any atom is 0.00844 e. The van der Waals surface area contributed by atoms with Gasteiger partial charge in [-0.1, -0.05) is 27.7 Å². The average Bonchev–Trinajstić information content (AvgIpc) is 2.34. The molecule has 0 amide bonds. The van der Waals surface area contributed by atoms with Gasteiger partial charge >= 0.3 is 0 Å². The molecule has 1 saturated heterocycles. The van der Waals surface area contributed by atoms with E-state index in [1.165, 1.54) is 45.3 Å². The Hall–Kier alpha value is -0.0800. The molecule has 0 aromatic heterocycles. The Kier molecular flexibility index (Phi) is 5.30. The fourth-order valence-electron chi connectivity index (χ4n) is 4.38. The lowest BCUT2D eigenvalue weighted by Gasteiger charge is -2.42. The Morgan fingerprint density at radius 1 is 1.11 bits per heavy atom. The second kappa shape index (κ2) is 6.58. The Balaban J connectivity index is 1.81. The molecule has 2 nitrogen and oxygen atoms in total. The Morgan fingerprint density at radius 2 is 1.74 bits per heavy atom. The van der Waals surface area contributed by atoms with Crippen molar-refractivity contribution in [2.75, 3.05) is 19.6 Å². The van der Waals surface area contributed by atoms with Crippen LogP contribution in [0.15, 0.2) is 0 Å². The van der Waals surface area contributed by atoms with Crippen molar-refractivity contribution in [1.82, 2.24) is 4.90 Å². The molecule has 19 heavy (non-hydrogen) atoms. The molecule has 4 atom stereocenters. The maximum absolute atomic E-state index is 6.43. The van der Waals surface area contributed by atoms with Gasteiger partial charge in [0.05, 0.1) is 0 Å². The van der Waals surface area contributed by atoms with E-state index in [2.05, 4.69) is 32.6 Å². The second-order valence-corrected chi connectivity index (χ2v) is 7.76. The van der Waals surface area contributed by atoms with Gasteiger partial charge in [-0.2, -0.15) is 0 Å². The molecule has 0 aromatic rings. The molecule has 2 rings (SSSR count). The molecule has 1 saturated carbocycles. The van der Waals surface area contributed by atoms with Crippen LogP contribution in [0.25, 0.3) is 0 Å². The lowest BCUT2D eigenvalue weighted by Crippen LogP contribution is -2.48. The minimum atomic E-state index is 0.432. The number of hydrogen-bond acceptors (Lipinski definition) is 2. The first-order chi connectivity index (χ1) is 8.97. The smallest absolute Gasteiger partial charge is 0.00844 e. The maximum atomic E-state index is 6.43. The Bertz CT molecular complexity index is 256. The summed E-state index contributed by atoms with van der Waals surface area (Å²) in [5.74, 6) is 4.17. The monoisotopic (exact) mass is 266 g/mol. The van der Waals surface area contributed by atoms with Gasteiger partial charge in [0.2, 0.25) is 0 Å². The molecule has 1 aliphatic carbocycles. The van der Waals surface area contributed by atoms with Gasteiger partial charge < -0.3 is 10.6 Å². The van der Waals surface area contributed by atoms with E-state index in [1.807, 2.05) is 0 Å². The molecule has 0 radical (unpaired) electrons. The summed E-state index contributed by atoms with van der Waals surface area (Å²) in [6, 6.07) is 0.432. The van der Waals surface area contributed by atoms with Crippen molar-refractivity contribution in [3.8, 4) is 0 Å². The number of piperidine rings is 1. The van der Waals surface area contributed by atoms with Gasteiger partial charge in [-0.15, -0.1) is 0 Å². The number of nitrogens with zero attached hydrogens (tertiary/aromatic N) is 1. The summed E-state index contributed by atoms with van der Waals surface area (Å²) in [5, 5.41) is 0. The van der Waals surface area contributed by atoms with Crippen LogP contribution in [-0.4, -0.2) is 30.6 Å². The summed E-state index contributed by atoms with van der Waals surface area (Å²) in [5.41, 5.74) is 6.43. The summed E-state index contributed by atoms with van der Waals surface area (Å²) in [6.45, 7) is 13.4. The highest BCUT2D eigenvalue weighted by molar-refractivity contribution is 4.88. The quantitative estimate of drug-likeness (QED) is 0.848. The van der Waals surface area contributed by atoms with E-state index < -0.39 is 0 Å². The first-order valence-electron chi connectivity index (χ1n) is 8.45.